The Bertz CT molecular complexity index is 631. The molecule has 0 bridgehead atoms. The third-order valence-electron chi connectivity index (χ3n) is 6.58. The van der Waals surface area contributed by atoms with Gasteiger partial charge < -0.3 is 18.8 Å². The molecule has 1 rings (SSSR count). The zero-order valence-electron chi connectivity index (χ0n) is 19.4. The number of carboxylic acids is 2. The van der Waals surface area contributed by atoms with Crippen molar-refractivity contribution in [3.63, 3.8) is 0 Å². The van der Waals surface area contributed by atoms with Crippen molar-refractivity contribution in [3.8, 4) is 0 Å². The van der Waals surface area contributed by atoms with Gasteiger partial charge in [0.25, 0.3) is 0 Å². The van der Waals surface area contributed by atoms with Gasteiger partial charge in [-0.1, -0.05) is 47.0 Å². The van der Waals surface area contributed by atoms with Crippen molar-refractivity contribution >= 4 is 40.5 Å². The smallest absolute Gasteiger partial charge is 0.332 e. The molecule has 1 aliphatic carbocycles. The molecule has 0 aliphatic heterocycles. The second-order valence-electron chi connectivity index (χ2n) is 10.3. The van der Waals surface area contributed by atoms with Crippen LogP contribution in [-0.4, -0.2) is 56.4 Å². The van der Waals surface area contributed by atoms with Crippen LogP contribution in [0.5, 0.6) is 0 Å². The highest BCUT2D eigenvalue weighted by atomic mass is 28.4. The topological polar surface area (TPSA) is 93.1 Å². The molecule has 0 aromatic heterocycles. The van der Waals surface area contributed by atoms with E-state index in [9.17, 15) is 19.8 Å². The monoisotopic (exact) mass is 460 g/mol. The molecule has 0 radical (unpaired) electrons. The van der Waals surface area contributed by atoms with Gasteiger partial charge >= 0.3 is 11.9 Å². The van der Waals surface area contributed by atoms with Gasteiger partial charge in [0, 0.05) is 5.41 Å². The molecule has 1 unspecified atom stereocenters. The molecule has 29 heavy (non-hydrogen) atoms. The van der Waals surface area contributed by atoms with Gasteiger partial charge in [0.1, 0.15) is 10.5 Å². The van der Waals surface area contributed by atoms with E-state index < -0.39 is 40.8 Å². The van der Waals surface area contributed by atoms with Crippen molar-refractivity contribution < 1.29 is 28.3 Å². The number of carbonyl (C=O) groups is 2. The number of hydrogen-bond donors (Lipinski definition) is 2. The molecule has 1 aliphatic rings. The van der Waals surface area contributed by atoms with E-state index in [-0.39, 0.29) is 22.8 Å². The molecule has 0 aromatic carbocycles. The average molecular weight is 461 g/mol. The highest BCUT2D eigenvalue weighted by Gasteiger charge is 2.51. The van der Waals surface area contributed by atoms with Crippen molar-refractivity contribution in [2.75, 3.05) is 0 Å². The van der Waals surface area contributed by atoms with E-state index in [2.05, 4.69) is 19.6 Å². The van der Waals surface area contributed by atoms with Crippen molar-refractivity contribution in [2.45, 2.75) is 85.2 Å². The highest BCUT2D eigenvalue weighted by Crippen LogP contribution is 2.50. The fraction of sp³-hybridized carbons (Fsp3) is 0.800. The van der Waals surface area contributed by atoms with Gasteiger partial charge in [0.2, 0.25) is 0 Å². The number of carboxylic acid groups (broad SMARTS) is 2. The standard InChI is InChI=1S/C20H40O6Si3/c1-19(2,20(3,4)18(28-26-27)25-29(5,6)7)15(17(23)24)14(16(21)22)13-11-9-8-10-12-13/h13,18H,8-12,28H2,1-7,27H3,(H,21,22)(H,23,24)/b15-14-. The van der Waals surface area contributed by atoms with Crippen LogP contribution < -0.4 is 0 Å². The van der Waals surface area contributed by atoms with Gasteiger partial charge in [-0.3, -0.25) is 0 Å². The average Bonchev–Trinajstić information content (AvgIpc) is 2.57. The van der Waals surface area contributed by atoms with Crippen LogP contribution in [0.1, 0.15) is 59.8 Å². The van der Waals surface area contributed by atoms with Gasteiger partial charge in [-0.15, -0.1) is 0 Å². The quantitative estimate of drug-likeness (QED) is 0.384. The molecule has 1 fully saturated rings. The lowest BCUT2D eigenvalue weighted by atomic mass is 9.61. The fourth-order valence-corrected chi connectivity index (χ4v) is 9.35. The minimum atomic E-state index is -1.90. The van der Waals surface area contributed by atoms with Crippen LogP contribution >= 0.6 is 0 Å². The Morgan fingerprint density at radius 2 is 1.55 bits per heavy atom. The second kappa shape index (κ2) is 10.0. The summed E-state index contributed by atoms with van der Waals surface area (Å²) in [5.74, 6) is -2.44. The molecular formula is C20H40O6Si3. The number of rotatable bonds is 10. The lowest BCUT2D eigenvalue weighted by Crippen LogP contribution is -2.53. The van der Waals surface area contributed by atoms with Crippen molar-refractivity contribution in [3.05, 3.63) is 11.1 Å². The largest absolute Gasteiger partial charge is 0.478 e. The van der Waals surface area contributed by atoms with E-state index in [0.717, 1.165) is 32.1 Å². The summed E-state index contributed by atoms with van der Waals surface area (Å²) in [7, 11) is -2.32. The Morgan fingerprint density at radius 1 is 1.03 bits per heavy atom. The number of aliphatic carboxylic acids is 2. The Labute approximate surface area is 182 Å². The van der Waals surface area contributed by atoms with Crippen LogP contribution in [0.3, 0.4) is 0 Å². The molecule has 6 nitrogen and oxygen atoms in total. The van der Waals surface area contributed by atoms with Gasteiger partial charge in [-0.2, -0.15) is 0 Å². The fourth-order valence-electron chi connectivity index (χ4n) is 4.29. The SMILES string of the molecule is CC(C)(/C(C(=O)O)=C(\C(=O)O)C1CCCCC1)C(C)(C)C(O[Si](C)(C)C)[SiH2]O[SiH3]. The normalized spacial score (nSPS) is 19.4. The van der Waals surface area contributed by atoms with Gasteiger partial charge in [-0.25, -0.2) is 9.59 Å². The Hall–Kier alpha value is -0.749. The minimum absolute atomic E-state index is 0.0356. The minimum Gasteiger partial charge on any atom is -0.478 e. The van der Waals surface area contributed by atoms with Gasteiger partial charge in [-0.05, 0) is 43.8 Å². The lowest BCUT2D eigenvalue weighted by molar-refractivity contribution is -0.138. The molecule has 0 spiro atoms. The van der Waals surface area contributed by atoms with Crippen molar-refractivity contribution in [1.82, 2.24) is 0 Å². The summed E-state index contributed by atoms with van der Waals surface area (Å²) in [5, 5.41) is 20.2. The Morgan fingerprint density at radius 3 is 1.93 bits per heavy atom. The Balaban J connectivity index is 3.60. The zero-order valence-corrected chi connectivity index (χ0v) is 23.8. The van der Waals surface area contributed by atoms with Crippen LogP contribution in [0.2, 0.25) is 19.6 Å². The summed E-state index contributed by atoms with van der Waals surface area (Å²) in [6.07, 6.45) is 4.45. The molecule has 0 saturated heterocycles. The summed E-state index contributed by atoms with van der Waals surface area (Å²) < 4.78 is 12.2. The van der Waals surface area contributed by atoms with Crippen LogP contribution in [0, 0.1) is 16.7 Å². The van der Waals surface area contributed by atoms with Crippen molar-refractivity contribution in [1.29, 1.82) is 0 Å². The summed E-state index contributed by atoms with van der Waals surface area (Å²) >= 11 is 0. The zero-order chi connectivity index (χ0) is 22.6. The van der Waals surface area contributed by atoms with Gasteiger partial charge in [0.15, 0.2) is 18.1 Å². The predicted molar refractivity (Wildman–Crippen MR) is 124 cm³/mol. The first-order valence-corrected chi connectivity index (χ1v) is 16.2. The summed E-state index contributed by atoms with van der Waals surface area (Å²) in [6.45, 7) is 14.1. The molecule has 9 heteroatoms. The van der Waals surface area contributed by atoms with E-state index in [4.69, 9.17) is 8.54 Å². The first-order chi connectivity index (χ1) is 13.2. The first-order valence-electron chi connectivity index (χ1n) is 10.5. The highest BCUT2D eigenvalue weighted by molar-refractivity contribution is 6.70. The molecule has 168 valence electrons. The van der Waals surface area contributed by atoms with E-state index >= 15 is 0 Å². The second-order valence-corrected chi connectivity index (χ2v) is 18.1. The van der Waals surface area contributed by atoms with E-state index in [1.54, 1.807) is 0 Å². The maximum Gasteiger partial charge on any atom is 0.332 e. The van der Waals surface area contributed by atoms with E-state index in [0.29, 0.717) is 10.5 Å². The molecule has 0 aromatic rings. The molecule has 1 atom stereocenters. The number of hydrogen-bond acceptors (Lipinski definition) is 4. The van der Waals surface area contributed by atoms with Crippen molar-refractivity contribution in [2.24, 2.45) is 16.7 Å². The van der Waals surface area contributed by atoms with Crippen LogP contribution in [-0.2, 0) is 18.1 Å². The maximum atomic E-state index is 12.5. The van der Waals surface area contributed by atoms with Crippen LogP contribution in [0.15, 0.2) is 11.1 Å². The van der Waals surface area contributed by atoms with Crippen LogP contribution in [0.4, 0.5) is 0 Å². The Kier molecular flexibility index (Phi) is 9.10. The third kappa shape index (κ3) is 6.36. The summed E-state index contributed by atoms with van der Waals surface area (Å²) in [6, 6.07) is 0. The van der Waals surface area contributed by atoms with Crippen LogP contribution in [0.25, 0.3) is 0 Å². The van der Waals surface area contributed by atoms with E-state index in [1.807, 2.05) is 27.7 Å². The lowest BCUT2D eigenvalue weighted by Gasteiger charge is -2.49. The maximum absolute atomic E-state index is 12.5. The summed E-state index contributed by atoms with van der Waals surface area (Å²) in [4.78, 5) is 24.8. The predicted octanol–water partition coefficient (Wildman–Crippen LogP) is 2.64. The first kappa shape index (κ1) is 26.3. The molecular weight excluding hydrogens is 420 g/mol. The van der Waals surface area contributed by atoms with E-state index in [1.165, 1.54) is 0 Å². The molecule has 0 amide bonds. The molecule has 1 saturated carbocycles. The molecule has 2 N–H and O–H groups in total. The third-order valence-corrected chi connectivity index (χ3v) is 10.7. The van der Waals surface area contributed by atoms with Gasteiger partial charge in [0.05, 0.1) is 16.9 Å². The molecule has 0 heterocycles. The summed E-state index contributed by atoms with van der Waals surface area (Å²) in [5.41, 5.74) is -1.55.